The van der Waals surface area contributed by atoms with Gasteiger partial charge in [0.2, 0.25) is 0 Å². The van der Waals surface area contributed by atoms with Gasteiger partial charge in [0.25, 0.3) is 0 Å². The van der Waals surface area contributed by atoms with Gasteiger partial charge in [-0.1, -0.05) is 56.2 Å². The highest BCUT2D eigenvalue weighted by Gasteiger charge is 2.50. The van der Waals surface area contributed by atoms with Crippen LogP contribution < -0.4 is 0 Å². The maximum atomic E-state index is 2.62. The molecule has 0 aromatic carbocycles. The van der Waals surface area contributed by atoms with Crippen LogP contribution in [0.5, 0.6) is 0 Å². The molecule has 0 amide bonds. The highest BCUT2D eigenvalue weighted by atomic mass is 127. The zero-order valence-corrected chi connectivity index (χ0v) is 13.3. The molecule has 0 N–H and O–H groups in total. The summed E-state index contributed by atoms with van der Waals surface area (Å²) in [6.45, 7) is 7.64. The summed E-state index contributed by atoms with van der Waals surface area (Å²) in [7, 11) is 0. The molecule has 2 rings (SSSR count). The first-order valence-corrected chi connectivity index (χ1v) is 8.68. The number of hydrogen-bond donors (Lipinski definition) is 0. The van der Waals surface area contributed by atoms with E-state index in [2.05, 4.69) is 43.4 Å². The van der Waals surface area contributed by atoms with Gasteiger partial charge in [-0.3, -0.25) is 0 Å². The third-order valence-corrected chi connectivity index (χ3v) is 6.42. The molecule has 0 aliphatic heterocycles. The Hall–Kier alpha value is 0.730. The largest absolute Gasteiger partial charge is 0.0864 e. The van der Waals surface area contributed by atoms with Crippen LogP contribution in [-0.2, 0) is 0 Å². The van der Waals surface area contributed by atoms with Crippen LogP contribution in [0.15, 0.2) is 0 Å². The molecule has 0 bridgehead atoms. The van der Waals surface area contributed by atoms with Crippen molar-refractivity contribution in [1.82, 2.24) is 0 Å². The maximum absolute atomic E-state index is 2.62. The Bertz CT molecular complexity index is 238. The van der Waals surface area contributed by atoms with Gasteiger partial charge in [-0.15, -0.1) is 0 Å². The Morgan fingerprint density at radius 2 is 2.06 bits per heavy atom. The number of halogens is 1. The zero-order valence-electron chi connectivity index (χ0n) is 11.1. The third kappa shape index (κ3) is 2.18. The molecule has 1 unspecified atom stereocenters. The van der Waals surface area contributed by atoms with Crippen LogP contribution in [0.2, 0.25) is 0 Å². The van der Waals surface area contributed by atoms with Crippen molar-refractivity contribution in [2.45, 2.75) is 59.3 Å². The summed E-state index contributed by atoms with van der Waals surface area (Å²) in [6.07, 6.45) is 8.96. The normalized spacial score (nSPS) is 45.4. The molecule has 2 aliphatic rings. The van der Waals surface area contributed by atoms with E-state index in [1.54, 1.807) is 0 Å². The van der Waals surface area contributed by atoms with Crippen LogP contribution in [-0.4, -0.2) is 4.43 Å². The van der Waals surface area contributed by atoms with E-state index < -0.39 is 0 Å². The molecule has 2 saturated carbocycles. The van der Waals surface area contributed by atoms with Gasteiger partial charge in [0.15, 0.2) is 0 Å². The standard InChI is InChI=1S/C15H27I/c1-11-5-4-9-15(3)13(11)6-7-14(15)12(2)8-10-16/h11-14H,4-10H2,1-3H3/t11?,12-,13+,14-,15+/m1/s1. The second-order valence-corrected chi connectivity index (χ2v) is 7.70. The molecule has 1 heteroatoms. The van der Waals surface area contributed by atoms with Crippen molar-refractivity contribution in [3.8, 4) is 0 Å². The lowest BCUT2D eigenvalue weighted by Gasteiger charge is -2.46. The second kappa shape index (κ2) is 5.16. The first kappa shape index (κ1) is 13.2. The number of fused-ring (bicyclic) bond motifs is 1. The Balaban J connectivity index is 2.11. The minimum Gasteiger partial charge on any atom is -0.0864 e. The van der Waals surface area contributed by atoms with E-state index in [0.717, 1.165) is 23.7 Å². The number of rotatable bonds is 3. The van der Waals surface area contributed by atoms with Crippen molar-refractivity contribution in [1.29, 1.82) is 0 Å². The number of alkyl halides is 1. The van der Waals surface area contributed by atoms with Crippen LogP contribution in [0, 0.1) is 29.1 Å². The molecule has 0 saturated heterocycles. The maximum Gasteiger partial charge on any atom is -0.000209 e. The summed E-state index contributed by atoms with van der Waals surface area (Å²) >= 11 is 2.55. The molecule has 0 nitrogen and oxygen atoms in total. The van der Waals surface area contributed by atoms with Crippen molar-refractivity contribution in [3.05, 3.63) is 0 Å². The topological polar surface area (TPSA) is 0 Å². The van der Waals surface area contributed by atoms with Gasteiger partial charge in [0.1, 0.15) is 0 Å². The Morgan fingerprint density at radius 3 is 2.75 bits per heavy atom. The van der Waals surface area contributed by atoms with E-state index in [1.807, 2.05) is 0 Å². The summed E-state index contributed by atoms with van der Waals surface area (Å²) in [4.78, 5) is 0. The molecule has 5 atom stereocenters. The van der Waals surface area contributed by atoms with Crippen LogP contribution in [0.1, 0.15) is 59.3 Å². The first-order chi connectivity index (χ1) is 7.59. The highest BCUT2D eigenvalue weighted by molar-refractivity contribution is 14.1. The van der Waals surface area contributed by atoms with Gasteiger partial charge in [0.05, 0.1) is 0 Å². The highest BCUT2D eigenvalue weighted by Crippen LogP contribution is 2.59. The quantitative estimate of drug-likeness (QED) is 0.485. The van der Waals surface area contributed by atoms with Crippen LogP contribution >= 0.6 is 22.6 Å². The van der Waals surface area contributed by atoms with Gasteiger partial charge < -0.3 is 0 Å². The third-order valence-electron chi connectivity index (χ3n) is 5.80. The van der Waals surface area contributed by atoms with Gasteiger partial charge in [0, 0.05) is 0 Å². The van der Waals surface area contributed by atoms with Crippen molar-refractivity contribution in [3.63, 3.8) is 0 Å². The molecule has 0 aromatic rings. The predicted molar refractivity (Wildman–Crippen MR) is 80.0 cm³/mol. The summed E-state index contributed by atoms with van der Waals surface area (Å²) < 4.78 is 1.34. The van der Waals surface area contributed by atoms with Gasteiger partial charge in [-0.05, 0) is 59.2 Å². The summed E-state index contributed by atoms with van der Waals surface area (Å²) in [5, 5.41) is 0. The minimum absolute atomic E-state index is 0.697. The average Bonchev–Trinajstić information content (AvgIpc) is 2.57. The monoisotopic (exact) mass is 334 g/mol. The minimum atomic E-state index is 0.697. The van der Waals surface area contributed by atoms with Crippen molar-refractivity contribution < 1.29 is 0 Å². The zero-order chi connectivity index (χ0) is 11.8. The van der Waals surface area contributed by atoms with Crippen LogP contribution in [0.4, 0.5) is 0 Å². The molecule has 0 spiro atoms. The Kier molecular flexibility index (Phi) is 4.24. The number of hydrogen-bond acceptors (Lipinski definition) is 0. The molecule has 0 aromatic heterocycles. The van der Waals surface area contributed by atoms with E-state index in [1.165, 1.54) is 43.0 Å². The summed E-state index contributed by atoms with van der Waals surface area (Å²) in [6, 6.07) is 0. The fourth-order valence-electron chi connectivity index (χ4n) is 4.91. The SMILES string of the molecule is CC1CCC[C@]2(C)[C@@H]([C@H](C)CCI)CC[C@@H]12. The predicted octanol–water partition coefficient (Wildman–Crippen LogP) is 5.30. The van der Waals surface area contributed by atoms with E-state index >= 15 is 0 Å². The lowest BCUT2D eigenvalue weighted by Crippen LogP contribution is -2.38. The molecular formula is C15H27I. The second-order valence-electron chi connectivity index (χ2n) is 6.62. The smallest absolute Gasteiger partial charge is 0.000209 e. The van der Waals surface area contributed by atoms with E-state index in [9.17, 15) is 0 Å². The summed E-state index contributed by atoms with van der Waals surface area (Å²) in [5.41, 5.74) is 0.697. The lowest BCUT2D eigenvalue weighted by atomic mass is 9.59. The lowest BCUT2D eigenvalue weighted by molar-refractivity contribution is 0.0365. The van der Waals surface area contributed by atoms with Crippen molar-refractivity contribution >= 4 is 22.6 Å². The molecule has 0 radical (unpaired) electrons. The summed E-state index contributed by atoms with van der Waals surface area (Å²) in [5.74, 6) is 4.02. The molecule has 0 heterocycles. The fourth-order valence-corrected chi connectivity index (χ4v) is 5.90. The van der Waals surface area contributed by atoms with Gasteiger partial charge in [-0.25, -0.2) is 0 Å². The van der Waals surface area contributed by atoms with E-state index in [4.69, 9.17) is 0 Å². The first-order valence-electron chi connectivity index (χ1n) is 7.15. The average molecular weight is 334 g/mol. The van der Waals surface area contributed by atoms with E-state index in [0.29, 0.717) is 5.41 Å². The fraction of sp³-hybridized carbons (Fsp3) is 1.00. The van der Waals surface area contributed by atoms with Gasteiger partial charge in [-0.2, -0.15) is 0 Å². The van der Waals surface area contributed by atoms with Crippen LogP contribution in [0.3, 0.4) is 0 Å². The molecule has 16 heavy (non-hydrogen) atoms. The molecule has 2 fully saturated rings. The van der Waals surface area contributed by atoms with Crippen molar-refractivity contribution in [2.75, 3.05) is 4.43 Å². The van der Waals surface area contributed by atoms with E-state index in [-0.39, 0.29) is 0 Å². The van der Waals surface area contributed by atoms with Gasteiger partial charge >= 0.3 is 0 Å². The molecule has 2 aliphatic carbocycles. The Morgan fingerprint density at radius 1 is 1.31 bits per heavy atom. The van der Waals surface area contributed by atoms with Crippen LogP contribution in [0.25, 0.3) is 0 Å². The molecular weight excluding hydrogens is 307 g/mol. The Labute approximate surface area is 115 Å². The van der Waals surface area contributed by atoms with Crippen molar-refractivity contribution in [2.24, 2.45) is 29.1 Å². The molecule has 94 valence electrons.